The summed E-state index contributed by atoms with van der Waals surface area (Å²) >= 11 is 5.90. The molecule has 0 unspecified atom stereocenters. The number of fused-ring (bicyclic) bond motifs is 1. The summed E-state index contributed by atoms with van der Waals surface area (Å²) < 4.78 is 0. The van der Waals surface area contributed by atoms with Crippen LogP contribution in [-0.4, -0.2) is 23.0 Å². The van der Waals surface area contributed by atoms with Crippen LogP contribution in [0.3, 0.4) is 0 Å². The van der Waals surface area contributed by atoms with E-state index in [4.69, 9.17) is 16.4 Å². The minimum atomic E-state index is -0.397. The van der Waals surface area contributed by atoms with E-state index in [0.717, 1.165) is 30.5 Å². The Morgan fingerprint density at radius 1 is 1.33 bits per heavy atom. The minimum absolute atomic E-state index is 0.00747. The summed E-state index contributed by atoms with van der Waals surface area (Å²) in [4.78, 5) is 5.52. The first-order valence-corrected chi connectivity index (χ1v) is 6.68. The number of hydrogen-bond donors (Lipinski definition) is 1. The Labute approximate surface area is 111 Å². The van der Waals surface area contributed by atoms with Crippen molar-refractivity contribution in [3.8, 4) is 0 Å². The largest absolute Gasteiger partial charge is 0.392 e. The fourth-order valence-electron chi connectivity index (χ4n) is 2.97. The summed E-state index contributed by atoms with van der Waals surface area (Å²) in [5.74, 6) is 0. The van der Waals surface area contributed by atoms with Crippen molar-refractivity contribution in [2.75, 3.05) is 0 Å². The number of hydrogen-bond acceptors (Lipinski definition) is 3. The number of aliphatic hydroxyl groups excluding tert-OH is 1. The predicted molar refractivity (Wildman–Crippen MR) is 70.8 cm³/mol. The van der Waals surface area contributed by atoms with Crippen LogP contribution in [0.25, 0.3) is 0 Å². The van der Waals surface area contributed by atoms with Crippen molar-refractivity contribution in [2.45, 2.75) is 38.4 Å². The van der Waals surface area contributed by atoms with Crippen LogP contribution in [0.5, 0.6) is 0 Å². The molecule has 18 heavy (non-hydrogen) atoms. The molecule has 3 rings (SSSR count). The van der Waals surface area contributed by atoms with E-state index in [1.165, 1.54) is 0 Å². The van der Waals surface area contributed by atoms with E-state index in [1.54, 1.807) is 0 Å². The highest BCUT2D eigenvalue weighted by molar-refractivity contribution is 6.30. The lowest BCUT2D eigenvalue weighted by molar-refractivity contribution is -0.0605. The van der Waals surface area contributed by atoms with Crippen molar-refractivity contribution < 1.29 is 9.94 Å². The highest BCUT2D eigenvalue weighted by Gasteiger charge is 2.53. The molecule has 0 aromatic heterocycles. The van der Waals surface area contributed by atoms with E-state index >= 15 is 0 Å². The van der Waals surface area contributed by atoms with E-state index in [9.17, 15) is 5.11 Å². The second-order valence-corrected chi connectivity index (χ2v) is 5.71. The predicted octanol–water partition coefficient (Wildman–Crippen LogP) is 2.99. The van der Waals surface area contributed by atoms with Crippen LogP contribution in [0.15, 0.2) is 29.4 Å². The van der Waals surface area contributed by atoms with E-state index in [-0.39, 0.29) is 6.10 Å². The third-order valence-corrected chi connectivity index (χ3v) is 4.46. The molecule has 0 amide bonds. The SMILES string of the molecule is C[C@]12C(c3ccc(Cl)cc3)=NO[C@H]1CCC[C@H]2O. The maximum Gasteiger partial charge on any atom is 0.141 e. The molecule has 1 fully saturated rings. The van der Waals surface area contributed by atoms with E-state index < -0.39 is 11.5 Å². The molecule has 1 aromatic carbocycles. The lowest BCUT2D eigenvalue weighted by atomic mass is 9.67. The van der Waals surface area contributed by atoms with Gasteiger partial charge in [-0.05, 0) is 38.3 Å². The molecule has 1 aliphatic carbocycles. The zero-order chi connectivity index (χ0) is 12.8. The smallest absolute Gasteiger partial charge is 0.141 e. The number of halogens is 1. The first-order chi connectivity index (χ1) is 8.62. The Balaban J connectivity index is 1.99. The maximum atomic E-state index is 10.3. The average molecular weight is 266 g/mol. The molecule has 0 spiro atoms. The highest BCUT2D eigenvalue weighted by atomic mass is 35.5. The quantitative estimate of drug-likeness (QED) is 0.848. The summed E-state index contributed by atoms with van der Waals surface area (Å²) in [5.41, 5.74) is 1.42. The van der Waals surface area contributed by atoms with E-state index in [2.05, 4.69) is 5.16 Å². The first kappa shape index (κ1) is 12.0. The van der Waals surface area contributed by atoms with Crippen LogP contribution in [0.2, 0.25) is 5.02 Å². The van der Waals surface area contributed by atoms with Crippen LogP contribution in [0, 0.1) is 5.41 Å². The Morgan fingerprint density at radius 3 is 2.78 bits per heavy atom. The van der Waals surface area contributed by atoms with E-state index in [1.807, 2.05) is 31.2 Å². The zero-order valence-electron chi connectivity index (χ0n) is 10.3. The minimum Gasteiger partial charge on any atom is -0.392 e. The van der Waals surface area contributed by atoms with Crippen LogP contribution in [0.1, 0.15) is 31.7 Å². The van der Waals surface area contributed by atoms with Crippen molar-refractivity contribution >= 4 is 17.3 Å². The second kappa shape index (κ2) is 4.25. The Hall–Kier alpha value is -1.06. The summed E-state index contributed by atoms with van der Waals surface area (Å²) in [5, 5.41) is 15.3. The van der Waals surface area contributed by atoms with Gasteiger partial charge >= 0.3 is 0 Å². The van der Waals surface area contributed by atoms with Crippen LogP contribution < -0.4 is 0 Å². The Bertz CT molecular complexity index is 485. The van der Waals surface area contributed by atoms with Crippen LogP contribution >= 0.6 is 11.6 Å². The molecule has 4 heteroatoms. The third-order valence-electron chi connectivity index (χ3n) is 4.20. The van der Waals surface area contributed by atoms with Crippen molar-refractivity contribution in [3.63, 3.8) is 0 Å². The normalized spacial score (nSPS) is 34.7. The number of nitrogens with zero attached hydrogens (tertiary/aromatic N) is 1. The molecule has 3 nitrogen and oxygen atoms in total. The highest BCUT2D eigenvalue weighted by Crippen LogP contribution is 2.45. The second-order valence-electron chi connectivity index (χ2n) is 5.27. The molecule has 0 bridgehead atoms. The van der Waals surface area contributed by atoms with Crippen molar-refractivity contribution in [1.82, 2.24) is 0 Å². The first-order valence-electron chi connectivity index (χ1n) is 6.30. The molecule has 1 aromatic rings. The summed E-state index contributed by atoms with van der Waals surface area (Å²) in [7, 11) is 0. The third kappa shape index (κ3) is 1.65. The fourth-order valence-corrected chi connectivity index (χ4v) is 3.10. The van der Waals surface area contributed by atoms with Gasteiger partial charge in [-0.25, -0.2) is 0 Å². The van der Waals surface area contributed by atoms with Gasteiger partial charge < -0.3 is 9.94 Å². The molecular weight excluding hydrogens is 250 g/mol. The molecule has 96 valence electrons. The summed E-state index contributed by atoms with van der Waals surface area (Å²) in [6.07, 6.45) is 2.35. The number of rotatable bonds is 1. The molecule has 1 N–H and O–H groups in total. The molecule has 3 atom stereocenters. The van der Waals surface area contributed by atoms with Gasteiger partial charge in [0.15, 0.2) is 0 Å². The maximum absolute atomic E-state index is 10.3. The van der Waals surface area contributed by atoms with Gasteiger partial charge in [0, 0.05) is 10.6 Å². The summed E-state index contributed by atoms with van der Waals surface area (Å²) in [6.45, 7) is 2.04. The number of aliphatic hydroxyl groups is 1. The van der Waals surface area contributed by atoms with Crippen LogP contribution in [0.4, 0.5) is 0 Å². The number of oxime groups is 1. The molecule has 1 aliphatic heterocycles. The van der Waals surface area contributed by atoms with Gasteiger partial charge in [0.1, 0.15) is 6.10 Å². The van der Waals surface area contributed by atoms with Crippen LogP contribution in [-0.2, 0) is 4.84 Å². The van der Waals surface area contributed by atoms with Gasteiger partial charge in [-0.15, -0.1) is 0 Å². The average Bonchev–Trinajstić information content (AvgIpc) is 2.70. The molecule has 1 saturated carbocycles. The van der Waals surface area contributed by atoms with Gasteiger partial charge in [-0.2, -0.15) is 0 Å². The molecule has 1 heterocycles. The molecule has 0 saturated heterocycles. The topological polar surface area (TPSA) is 41.8 Å². The van der Waals surface area contributed by atoms with Gasteiger partial charge in [0.05, 0.1) is 17.2 Å². The lowest BCUT2D eigenvalue weighted by Gasteiger charge is -2.38. The lowest BCUT2D eigenvalue weighted by Crippen LogP contribution is -2.49. The standard InChI is InChI=1S/C14H16ClNO2/c1-14-11(17)3-2-4-12(14)18-16-13(14)9-5-7-10(15)8-6-9/h5-8,11-12,17H,2-4H2,1H3/t11-,12+,14-/m1/s1. The van der Waals surface area contributed by atoms with Crippen molar-refractivity contribution in [2.24, 2.45) is 10.6 Å². The van der Waals surface area contributed by atoms with Gasteiger partial charge in [0.2, 0.25) is 0 Å². The fraction of sp³-hybridized carbons (Fsp3) is 0.500. The number of benzene rings is 1. The van der Waals surface area contributed by atoms with Gasteiger partial charge in [-0.3, -0.25) is 0 Å². The Morgan fingerprint density at radius 2 is 2.06 bits per heavy atom. The van der Waals surface area contributed by atoms with Crippen molar-refractivity contribution in [3.05, 3.63) is 34.9 Å². The van der Waals surface area contributed by atoms with Crippen molar-refractivity contribution in [1.29, 1.82) is 0 Å². The zero-order valence-corrected chi connectivity index (χ0v) is 11.0. The molecule has 0 radical (unpaired) electrons. The monoisotopic (exact) mass is 265 g/mol. The van der Waals surface area contributed by atoms with Gasteiger partial charge in [0.25, 0.3) is 0 Å². The Kier molecular flexibility index (Phi) is 2.83. The van der Waals surface area contributed by atoms with Gasteiger partial charge in [-0.1, -0.05) is 28.9 Å². The van der Waals surface area contributed by atoms with E-state index in [0.29, 0.717) is 5.02 Å². The molecule has 2 aliphatic rings. The molecular formula is C14H16ClNO2. The summed E-state index contributed by atoms with van der Waals surface area (Å²) in [6, 6.07) is 7.54.